The summed E-state index contributed by atoms with van der Waals surface area (Å²) in [5.41, 5.74) is 3.44. The average molecular weight is 344 g/mol. The number of aryl methyl sites for hydroxylation is 2. The van der Waals surface area contributed by atoms with E-state index >= 15 is 0 Å². The van der Waals surface area contributed by atoms with Gasteiger partial charge in [0, 0.05) is 11.4 Å². The summed E-state index contributed by atoms with van der Waals surface area (Å²) in [4.78, 5) is 24.8. The molecule has 0 saturated heterocycles. The molecule has 6 heteroatoms. The summed E-state index contributed by atoms with van der Waals surface area (Å²) in [5, 5.41) is 5.53. The Morgan fingerprint density at radius 1 is 0.880 bits per heavy atom. The van der Waals surface area contributed by atoms with Crippen LogP contribution in [0.25, 0.3) is 0 Å². The lowest BCUT2D eigenvalue weighted by atomic mass is 10.1. The first-order valence-electron chi connectivity index (χ1n) is 8.06. The van der Waals surface area contributed by atoms with Gasteiger partial charge in [-0.15, -0.1) is 0 Å². The Balaban J connectivity index is 1.82. The van der Waals surface area contributed by atoms with Gasteiger partial charge >= 0.3 is 0 Å². The molecule has 2 rings (SSSR count). The zero-order valence-corrected chi connectivity index (χ0v) is 14.7. The van der Waals surface area contributed by atoms with Gasteiger partial charge in [-0.1, -0.05) is 6.07 Å². The van der Waals surface area contributed by atoms with E-state index < -0.39 is 0 Å². The molecule has 132 valence electrons. The van der Waals surface area contributed by atoms with Crippen molar-refractivity contribution in [2.45, 2.75) is 13.8 Å². The molecular weight excluding hydrogens is 321 g/mol. The van der Waals surface area contributed by atoms with Crippen molar-refractivity contribution < 1.29 is 18.9 Å². The maximum absolute atomic E-state index is 12.8. The molecule has 2 aromatic carbocycles. The third-order valence-corrected chi connectivity index (χ3v) is 3.56. The second-order valence-corrected chi connectivity index (χ2v) is 6.29. The molecule has 1 atom stereocenters. The first-order chi connectivity index (χ1) is 11.8. The molecule has 0 aliphatic heterocycles. The van der Waals surface area contributed by atoms with E-state index in [-0.39, 0.29) is 30.7 Å². The largest absolute Gasteiger partial charge is 0.322 e. The van der Waals surface area contributed by atoms with Gasteiger partial charge in [-0.2, -0.15) is 0 Å². The number of carbonyl (C=O) groups excluding carboxylic acids is 2. The Labute approximate surface area is 146 Å². The summed E-state index contributed by atoms with van der Waals surface area (Å²) in [6, 6.07) is 11.4. The standard InChI is InChI=1S/C19H22FN3O2/c1-13-8-14(2)10-17(9-13)22-19(25)12-23(3)11-18(24)21-16-6-4-15(20)5-7-16/h4-10H,11-12H2,1-3H3,(H,21,24)(H,22,25)/p+1. The van der Waals surface area contributed by atoms with E-state index in [9.17, 15) is 14.0 Å². The van der Waals surface area contributed by atoms with Crippen molar-refractivity contribution in [3.05, 3.63) is 59.4 Å². The average Bonchev–Trinajstić information content (AvgIpc) is 2.47. The number of rotatable bonds is 6. The van der Waals surface area contributed by atoms with Gasteiger partial charge in [0.2, 0.25) is 0 Å². The second-order valence-electron chi connectivity index (χ2n) is 6.29. The van der Waals surface area contributed by atoms with Crippen molar-refractivity contribution in [2.24, 2.45) is 0 Å². The van der Waals surface area contributed by atoms with E-state index in [2.05, 4.69) is 10.6 Å². The van der Waals surface area contributed by atoms with E-state index in [4.69, 9.17) is 0 Å². The number of anilines is 2. The van der Waals surface area contributed by atoms with Crippen LogP contribution < -0.4 is 15.5 Å². The minimum Gasteiger partial charge on any atom is -0.322 e. The molecule has 0 saturated carbocycles. The third-order valence-electron chi connectivity index (χ3n) is 3.56. The van der Waals surface area contributed by atoms with Crippen molar-refractivity contribution in [1.82, 2.24) is 0 Å². The van der Waals surface area contributed by atoms with Gasteiger partial charge in [0.25, 0.3) is 11.8 Å². The molecule has 2 aromatic rings. The number of carbonyl (C=O) groups is 2. The Morgan fingerprint density at radius 3 is 1.88 bits per heavy atom. The van der Waals surface area contributed by atoms with Gasteiger partial charge in [-0.25, -0.2) is 4.39 Å². The molecular formula is C19H23FN3O2+. The Kier molecular flexibility index (Phi) is 6.25. The highest BCUT2D eigenvalue weighted by atomic mass is 19.1. The first kappa shape index (κ1) is 18.6. The van der Waals surface area contributed by atoms with Crippen LogP contribution in [0, 0.1) is 19.7 Å². The minimum atomic E-state index is -0.358. The van der Waals surface area contributed by atoms with E-state index in [0.29, 0.717) is 5.69 Å². The summed E-state index contributed by atoms with van der Waals surface area (Å²) in [6.45, 7) is 4.25. The van der Waals surface area contributed by atoms with E-state index in [1.54, 1.807) is 7.05 Å². The van der Waals surface area contributed by atoms with E-state index in [1.807, 2.05) is 32.0 Å². The van der Waals surface area contributed by atoms with Crippen molar-refractivity contribution in [2.75, 3.05) is 30.8 Å². The normalized spacial score (nSPS) is 11.7. The van der Waals surface area contributed by atoms with E-state index in [0.717, 1.165) is 21.7 Å². The number of hydrogen-bond acceptors (Lipinski definition) is 2. The number of nitrogens with one attached hydrogen (secondary N) is 3. The van der Waals surface area contributed by atoms with Gasteiger partial charge in [0.15, 0.2) is 13.1 Å². The lowest BCUT2D eigenvalue weighted by Gasteiger charge is -2.14. The lowest BCUT2D eigenvalue weighted by Crippen LogP contribution is -3.11. The number of hydrogen-bond donors (Lipinski definition) is 3. The van der Waals surface area contributed by atoms with E-state index in [1.165, 1.54) is 24.3 Å². The summed E-state index contributed by atoms with van der Waals surface area (Å²) in [5.74, 6) is -0.746. The van der Waals surface area contributed by atoms with Gasteiger partial charge in [0.1, 0.15) is 5.82 Å². The molecule has 0 heterocycles. The van der Waals surface area contributed by atoms with Crippen molar-refractivity contribution in [3.63, 3.8) is 0 Å². The lowest BCUT2D eigenvalue weighted by molar-refractivity contribution is -0.862. The number of likely N-dealkylation sites (N-methyl/N-ethyl adjacent to an activating group) is 1. The molecule has 0 aliphatic rings. The van der Waals surface area contributed by atoms with Gasteiger partial charge in [-0.05, 0) is 61.4 Å². The number of quaternary nitrogens is 1. The van der Waals surface area contributed by atoms with Crippen LogP contribution in [0.15, 0.2) is 42.5 Å². The molecule has 0 spiro atoms. The van der Waals surface area contributed by atoms with Gasteiger partial charge in [-0.3, -0.25) is 9.59 Å². The fourth-order valence-corrected chi connectivity index (χ4v) is 2.60. The van der Waals surface area contributed by atoms with Crippen LogP contribution >= 0.6 is 0 Å². The van der Waals surface area contributed by atoms with Crippen LogP contribution in [-0.2, 0) is 9.59 Å². The van der Waals surface area contributed by atoms with Crippen LogP contribution in [0.4, 0.5) is 15.8 Å². The number of halogens is 1. The van der Waals surface area contributed by atoms with Crippen molar-refractivity contribution in [1.29, 1.82) is 0 Å². The molecule has 0 fully saturated rings. The van der Waals surface area contributed by atoms with Crippen molar-refractivity contribution in [3.8, 4) is 0 Å². The van der Waals surface area contributed by atoms with Crippen LogP contribution in [0.3, 0.4) is 0 Å². The summed E-state index contributed by atoms with van der Waals surface area (Å²) in [6.07, 6.45) is 0. The molecule has 5 nitrogen and oxygen atoms in total. The monoisotopic (exact) mass is 344 g/mol. The molecule has 0 radical (unpaired) electrons. The zero-order chi connectivity index (χ0) is 18.4. The maximum Gasteiger partial charge on any atom is 0.279 e. The third kappa shape index (κ3) is 6.35. The quantitative estimate of drug-likeness (QED) is 0.744. The molecule has 0 aliphatic carbocycles. The predicted octanol–water partition coefficient (Wildman–Crippen LogP) is 1.53. The first-order valence-corrected chi connectivity index (χ1v) is 8.06. The smallest absolute Gasteiger partial charge is 0.279 e. The number of amides is 2. The fraction of sp³-hybridized carbons (Fsp3) is 0.263. The highest BCUT2D eigenvalue weighted by molar-refractivity contribution is 5.93. The van der Waals surface area contributed by atoms with Crippen LogP contribution in [0.5, 0.6) is 0 Å². The van der Waals surface area contributed by atoms with Gasteiger partial charge < -0.3 is 15.5 Å². The Bertz CT molecular complexity index is 740. The topological polar surface area (TPSA) is 62.6 Å². The van der Waals surface area contributed by atoms with Crippen LogP contribution in [0.2, 0.25) is 0 Å². The second kappa shape index (κ2) is 8.39. The minimum absolute atomic E-state index is 0.137. The van der Waals surface area contributed by atoms with Gasteiger partial charge in [0.05, 0.1) is 7.05 Å². The van der Waals surface area contributed by atoms with Crippen LogP contribution in [-0.4, -0.2) is 32.0 Å². The molecule has 2 amide bonds. The van der Waals surface area contributed by atoms with Crippen molar-refractivity contribution >= 4 is 23.2 Å². The predicted molar refractivity (Wildman–Crippen MR) is 96.2 cm³/mol. The SMILES string of the molecule is Cc1cc(C)cc(NC(=O)C[NH+](C)CC(=O)Nc2ccc(F)cc2)c1. The number of benzene rings is 2. The molecule has 25 heavy (non-hydrogen) atoms. The fourth-order valence-electron chi connectivity index (χ4n) is 2.60. The molecule has 0 bridgehead atoms. The summed E-state index contributed by atoms with van der Waals surface area (Å²) >= 11 is 0. The van der Waals surface area contributed by atoms with Crippen LogP contribution in [0.1, 0.15) is 11.1 Å². The molecule has 1 unspecified atom stereocenters. The maximum atomic E-state index is 12.8. The summed E-state index contributed by atoms with van der Waals surface area (Å²) < 4.78 is 12.8. The summed E-state index contributed by atoms with van der Waals surface area (Å²) in [7, 11) is 1.77. The zero-order valence-electron chi connectivity index (χ0n) is 14.7. The Morgan fingerprint density at radius 2 is 1.36 bits per heavy atom. The highest BCUT2D eigenvalue weighted by Gasteiger charge is 2.14. The molecule has 3 N–H and O–H groups in total. The highest BCUT2D eigenvalue weighted by Crippen LogP contribution is 2.13. The molecule has 0 aromatic heterocycles. The Hall–Kier alpha value is -2.73.